The van der Waals surface area contributed by atoms with E-state index >= 15 is 0 Å². The zero-order chi connectivity index (χ0) is 28.6. The van der Waals surface area contributed by atoms with E-state index in [1.807, 2.05) is 19.1 Å². The van der Waals surface area contributed by atoms with Gasteiger partial charge in [-0.1, -0.05) is 6.58 Å². The minimum Gasteiger partial charge on any atom is -0.479 e. The van der Waals surface area contributed by atoms with E-state index in [0.29, 0.717) is 46.2 Å². The number of halogens is 2. The van der Waals surface area contributed by atoms with Gasteiger partial charge in [0, 0.05) is 24.7 Å². The normalized spacial score (nSPS) is 16.9. The molecule has 0 amide bonds. The van der Waals surface area contributed by atoms with Crippen molar-refractivity contribution in [2.45, 2.75) is 25.4 Å². The number of hydrogen-bond donors (Lipinski definition) is 1. The molecule has 0 radical (unpaired) electrons. The molecule has 1 N–H and O–H groups in total. The number of ether oxygens (including phenoxy) is 3. The molecule has 13 heteroatoms. The van der Waals surface area contributed by atoms with Crippen LogP contribution < -0.4 is 19.5 Å². The Hall–Kier alpha value is -4.91. The summed E-state index contributed by atoms with van der Waals surface area (Å²) in [7, 11) is 1.66. The Morgan fingerprint density at radius 2 is 1.93 bits per heavy atom. The number of aryl methyl sites for hydroxylation is 1. The number of likely N-dealkylation sites (tertiary alicyclic amines) is 1. The van der Waals surface area contributed by atoms with Gasteiger partial charge >= 0.3 is 0 Å². The molecule has 1 aliphatic rings. The molecule has 41 heavy (non-hydrogen) atoms. The van der Waals surface area contributed by atoms with Crippen molar-refractivity contribution < 1.29 is 23.0 Å². The van der Waals surface area contributed by atoms with Gasteiger partial charge in [0.1, 0.15) is 30.5 Å². The molecule has 0 aliphatic carbocycles. The van der Waals surface area contributed by atoms with E-state index in [-0.39, 0.29) is 17.9 Å². The summed E-state index contributed by atoms with van der Waals surface area (Å²) in [6.07, 6.45) is 4.36. The number of aromatic nitrogens is 6. The van der Waals surface area contributed by atoms with Crippen molar-refractivity contribution in [2.75, 3.05) is 25.5 Å². The molecule has 4 heterocycles. The lowest BCUT2D eigenvalue weighted by atomic mass is 10.0. The van der Waals surface area contributed by atoms with Crippen molar-refractivity contribution in [3.05, 3.63) is 73.8 Å². The van der Waals surface area contributed by atoms with Gasteiger partial charge in [0.05, 0.1) is 23.7 Å². The Morgan fingerprint density at radius 3 is 2.73 bits per heavy atom. The smallest absolute Gasteiger partial charge is 0.296 e. The lowest BCUT2D eigenvalue weighted by Gasteiger charge is -2.36. The van der Waals surface area contributed by atoms with E-state index in [9.17, 15) is 8.78 Å². The van der Waals surface area contributed by atoms with Crippen LogP contribution in [0.15, 0.2) is 68.2 Å². The third-order valence-corrected chi connectivity index (χ3v) is 6.72. The van der Waals surface area contributed by atoms with Crippen molar-refractivity contribution in [1.82, 2.24) is 34.4 Å². The number of anilines is 2. The largest absolute Gasteiger partial charge is 0.479 e. The first-order valence-corrected chi connectivity index (χ1v) is 12.8. The second kappa shape index (κ2) is 10.6. The SMILES string of the molecule is C=COc1ccc2ncnc(Nc3ccc(Oc4cc5ncnn5cn4)c(C)c3)c2c1O[C@@H]1CCN(C)CC1(F)F. The second-order valence-corrected chi connectivity index (χ2v) is 9.69. The molecule has 5 aromatic rings. The van der Waals surface area contributed by atoms with Gasteiger partial charge in [0.2, 0.25) is 5.88 Å². The van der Waals surface area contributed by atoms with E-state index in [0.717, 1.165) is 5.56 Å². The number of hydrogen-bond acceptors (Lipinski definition) is 10. The second-order valence-electron chi connectivity index (χ2n) is 9.69. The highest BCUT2D eigenvalue weighted by atomic mass is 19.3. The van der Waals surface area contributed by atoms with Gasteiger partial charge in [0.15, 0.2) is 23.3 Å². The Kier molecular flexibility index (Phi) is 6.79. The molecule has 3 aromatic heterocycles. The zero-order valence-electron chi connectivity index (χ0n) is 22.3. The van der Waals surface area contributed by atoms with Crippen LogP contribution in [0.3, 0.4) is 0 Å². The van der Waals surface area contributed by atoms with E-state index in [2.05, 4.69) is 36.9 Å². The summed E-state index contributed by atoms with van der Waals surface area (Å²) in [5.41, 5.74) is 2.60. The number of alkyl halides is 2. The summed E-state index contributed by atoms with van der Waals surface area (Å²) in [5.74, 6) is -1.39. The number of nitrogens with zero attached hydrogens (tertiary/aromatic N) is 7. The highest BCUT2D eigenvalue weighted by Crippen LogP contribution is 2.42. The van der Waals surface area contributed by atoms with Crippen LogP contribution in [0.2, 0.25) is 0 Å². The van der Waals surface area contributed by atoms with Gasteiger partial charge in [-0.15, -0.1) is 0 Å². The van der Waals surface area contributed by atoms with Gasteiger partial charge in [0.25, 0.3) is 5.92 Å². The number of fused-ring (bicyclic) bond motifs is 2. The Balaban J connectivity index is 1.32. The van der Waals surface area contributed by atoms with Gasteiger partial charge in [-0.2, -0.15) is 5.10 Å². The summed E-state index contributed by atoms with van der Waals surface area (Å²) in [6, 6.07) is 10.5. The summed E-state index contributed by atoms with van der Waals surface area (Å²) in [6.45, 7) is 5.57. The first-order chi connectivity index (χ1) is 19.8. The van der Waals surface area contributed by atoms with Crippen LogP contribution in [0.25, 0.3) is 16.6 Å². The molecule has 1 aliphatic heterocycles. The first-order valence-electron chi connectivity index (χ1n) is 12.8. The maximum absolute atomic E-state index is 15.0. The lowest BCUT2D eigenvalue weighted by Crippen LogP contribution is -2.52. The standard InChI is InChI=1S/C28H26F2N8O3/c1-4-39-21-8-6-19-25(26(21)41-22-9-10-37(3)13-28(22,29)30)27(33-14-31-19)36-18-5-7-20(17(2)11-18)40-24-12-23-32-15-35-38(23)16-34-24/h4-8,11-12,14-16,22H,1,9-10,13H2,2-3H3,(H,31,33,36)/t22-/m1/s1. The van der Waals surface area contributed by atoms with Gasteiger partial charge in [-0.05, 0) is 49.9 Å². The molecule has 1 fully saturated rings. The third kappa shape index (κ3) is 5.31. The van der Waals surface area contributed by atoms with Crippen LogP contribution in [-0.4, -0.2) is 66.6 Å². The monoisotopic (exact) mass is 560 g/mol. The Labute approximate surface area is 233 Å². The molecule has 1 saturated heterocycles. The molecule has 0 spiro atoms. The number of benzene rings is 2. The fraction of sp³-hybridized carbons (Fsp3) is 0.250. The Morgan fingerprint density at radius 1 is 1.07 bits per heavy atom. The molecule has 0 unspecified atom stereocenters. The zero-order valence-corrected chi connectivity index (χ0v) is 22.3. The maximum atomic E-state index is 15.0. The minimum atomic E-state index is -3.07. The third-order valence-electron chi connectivity index (χ3n) is 6.72. The lowest BCUT2D eigenvalue weighted by molar-refractivity contribution is -0.135. The van der Waals surface area contributed by atoms with Gasteiger partial charge in [-0.25, -0.2) is 33.2 Å². The Bertz CT molecular complexity index is 1740. The van der Waals surface area contributed by atoms with Gasteiger partial charge < -0.3 is 24.4 Å². The van der Waals surface area contributed by atoms with E-state index in [1.165, 1.54) is 29.8 Å². The van der Waals surface area contributed by atoms with Crippen molar-refractivity contribution in [1.29, 1.82) is 0 Å². The van der Waals surface area contributed by atoms with E-state index < -0.39 is 18.6 Å². The average Bonchev–Trinajstić information content (AvgIpc) is 3.41. The number of rotatable bonds is 8. The van der Waals surface area contributed by atoms with E-state index in [1.54, 1.807) is 36.2 Å². The molecular weight excluding hydrogens is 534 g/mol. The number of nitrogens with one attached hydrogen (secondary N) is 1. The highest BCUT2D eigenvalue weighted by molar-refractivity contribution is 5.97. The van der Waals surface area contributed by atoms with Crippen molar-refractivity contribution in [3.8, 4) is 23.1 Å². The van der Waals surface area contributed by atoms with Crippen molar-refractivity contribution >= 4 is 28.1 Å². The van der Waals surface area contributed by atoms with Crippen molar-refractivity contribution in [3.63, 3.8) is 0 Å². The highest BCUT2D eigenvalue weighted by Gasteiger charge is 2.46. The maximum Gasteiger partial charge on any atom is 0.296 e. The fourth-order valence-electron chi connectivity index (χ4n) is 4.73. The summed E-state index contributed by atoms with van der Waals surface area (Å²) in [5, 5.41) is 7.71. The molecule has 2 aromatic carbocycles. The minimum absolute atomic E-state index is 0.117. The van der Waals surface area contributed by atoms with Crippen LogP contribution in [-0.2, 0) is 0 Å². The molecule has 11 nitrogen and oxygen atoms in total. The molecule has 6 rings (SSSR count). The van der Waals surface area contributed by atoms with Crippen LogP contribution >= 0.6 is 0 Å². The molecule has 1 atom stereocenters. The van der Waals surface area contributed by atoms with E-state index in [4.69, 9.17) is 14.2 Å². The summed E-state index contributed by atoms with van der Waals surface area (Å²) in [4.78, 5) is 18.7. The predicted molar refractivity (Wildman–Crippen MR) is 147 cm³/mol. The molecule has 210 valence electrons. The van der Waals surface area contributed by atoms with Crippen LogP contribution in [0.4, 0.5) is 20.3 Å². The fourth-order valence-corrected chi connectivity index (χ4v) is 4.73. The van der Waals surface area contributed by atoms with Crippen LogP contribution in [0.1, 0.15) is 12.0 Å². The first kappa shape index (κ1) is 26.3. The van der Waals surface area contributed by atoms with Gasteiger partial charge in [-0.3, -0.25) is 0 Å². The quantitative estimate of drug-likeness (QED) is 0.256. The predicted octanol–water partition coefficient (Wildman–Crippen LogP) is 5.15. The number of piperidine rings is 1. The summed E-state index contributed by atoms with van der Waals surface area (Å²) >= 11 is 0. The molecular formula is C28H26F2N8O3. The average molecular weight is 561 g/mol. The van der Waals surface area contributed by atoms with Crippen LogP contribution in [0, 0.1) is 6.92 Å². The van der Waals surface area contributed by atoms with Crippen LogP contribution in [0.5, 0.6) is 23.1 Å². The molecule has 0 bridgehead atoms. The summed E-state index contributed by atoms with van der Waals surface area (Å²) < 4.78 is 49.0. The molecule has 0 saturated carbocycles. The van der Waals surface area contributed by atoms with Crippen molar-refractivity contribution in [2.24, 2.45) is 0 Å². The topological polar surface area (TPSA) is 112 Å².